The monoisotopic (exact) mass is 345 g/mol. The average Bonchev–Trinajstić information content (AvgIpc) is 2.21. The van der Waals surface area contributed by atoms with E-state index in [2.05, 4.69) is 15.9 Å². The van der Waals surface area contributed by atoms with Crippen molar-refractivity contribution >= 4 is 45.1 Å². The normalized spacial score (nSPS) is 11.2. The summed E-state index contributed by atoms with van der Waals surface area (Å²) < 4.78 is 36.3. The second kappa shape index (κ2) is 5.15. The Labute approximate surface area is 112 Å². The minimum Gasteiger partial charge on any atom is -0.478 e. The standard InChI is InChI=1S/C9H4BrClF3NO3/c10-3-1-4(7(16)17)6(11)5(2-3)15-8(18)9(12,13)14/h1-2H,(H,15,18)(H,16,17). The predicted octanol–water partition coefficient (Wildman–Crippen LogP) is 3.30. The van der Waals surface area contributed by atoms with Gasteiger partial charge in [0.05, 0.1) is 16.3 Å². The molecule has 0 unspecified atom stereocenters. The molecule has 0 saturated carbocycles. The van der Waals surface area contributed by atoms with E-state index in [0.717, 1.165) is 12.1 Å². The highest BCUT2D eigenvalue weighted by Crippen LogP contribution is 2.31. The second-order valence-electron chi connectivity index (χ2n) is 3.07. The molecule has 0 radical (unpaired) electrons. The number of alkyl halides is 3. The number of anilines is 1. The molecule has 0 atom stereocenters. The number of nitrogens with one attached hydrogen (secondary N) is 1. The number of amides is 1. The van der Waals surface area contributed by atoms with Crippen LogP contribution < -0.4 is 5.32 Å². The highest BCUT2D eigenvalue weighted by atomic mass is 79.9. The third-order valence-corrected chi connectivity index (χ3v) is 2.64. The van der Waals surface area contributed by atoms with Crippen LogP contribution in [0.2, 0.25) is 5.02 Å². The first-order chi connectivity index (χ1) is 8.12. The van der Waals surface area contributed by atoms with Crippen LogP contribution in [0.3, 0.4) is 0 Å². The van der Waals surface area contributed by atoms with E-state index in [1.54, 1.807) is 0 Å². The number of hydrogen-bond donors (Lipinski definition) is 2. The van der Waals surface area contributed by atoms with Crippen molar-refractivity contribution in [1.29, 1.82) is 0 Å². The van der Waals surface area contributed by atoms with Gasteiger partial charge in [0.1, 0.15) is 0 Å². The lowest BCUT2D eigenvalue weighted by molar-refractivity contribution is -0.167. The number of hydrogen-bond acceptors (Lipinski definition) is 2. The molecule has 9 heteroatoms. The summed E-state index contributed by atoms with van der Waals surface area (Å²) in [6, 6.07) is 2.17. The molecule has 1 aromatic carbocycles. The largest absolute Gasteiger partial charge is 0.478 e. The maximum absolute atomic E-state index is 12.0. The number of carbonyl (C=O) groups excluding carboxylic acids is 1. The summed E-state index contributed by atoms with van der Waals surface area (Å²) in [5.74, 6) is -3.66. The topological polar surface area (TPSA) is 66.4 Å². The molecule has 0 aliphatic rings. The first-order valence-electron chi connectivity index (χ1n) is 4.23. The summed E-state index contributed by atoms with van der Waals surface area (Å²) in [7, 11) is 0. The summed E-state index contributed by atoms with van der Waals surface area (Å²) in [6.45, 7) is 0. The van der Waals surface area contributed by atoms with Crippen molar-refractivity contribution < 1.29 is 27.9 Å². The Bertz CT molecular complexity index is 519. The van der Waals surface area contributed by atoms with E-state index in [0.29, 0.717) is 0 Å². The Kier molecular flexibility index (Phi) is 4.23. The minimum absolute atomic E-state index is 0.168. The van der Waals surface area contributed by atoms with Crippen LogP contribution >= 0.6 is 27.5 Å². The first-order valence-corrected chi connectivity index (χ1v) is 5.40. The molecule has 0 saturated heterocycles. The van der Waals surface area contributed by atoms with E-state index in [-0.39, 0.29) is 4.47 Å². The summed E-state index contributed by atoms with van der Waals surface area (Å²) in [5.41, 5.74) is -0.866. The average molecular weight is 346 g/mol. The lowest BCUT2D eigenvalue weighted by atomic mass is 10.2. The Morgan fingerprint density at radius 3 is 2.33 bits per heavy atom. The molecular weight excluding hydrogens is 342 g/mol. The van der Waals surface area contributed by atoms with Crippen molar-refractivity contribution in [3.63, 3.8) is 0 Å². The fourth-order valence-electron chi connectivity index (χ4n) is 1.03. The number of carbonyl (C=O) groups is 2. The van der Waals surface area contributed by atoms with E-state index < -0.39 is 34.3 Å². The Morgan fingerprint density at radius 1 is 1.33 bits per heavy atom. The number of carboxylic acids is 1. The Balaban J connectivity index is 3.18. The molecule has 0 fully saturated rings. The number of rotatable bonds is 2. The van der Waals surface area contributed by atoms with Crippen molar-refractivity contribution in [3.8, 4) is 0 Å². The number of carboxylic acid groups (broad SMARTS) is 1. The smallest absolute Gasteiger partial charge is 0.471 e. The van der Waals surface area contributed by atoms with Gasteiger partial charge in [-0.15, -0.1) is 0 Å². The molecule has 1 aromatic rings. The zero-order valence-electron chi connectivity index (χ0n) is 8.31. The molecule has 98 valence electrons. The molecule has 0 heterocycles. The fraction of sp³-hybridized carbons (Fsp3) is 0.111. The van der Waals surface area contributed by atoms with Crippen LogP contribution in [0.5, 0.6) is 0 Å². The lowest BCUT2D eigenvalue weighted by Gasteiger charge is -2.11. The minimum atomic E-state index is -5.09. The van der Waals surface area contributed by atoms with E-state index in [4.69, 9.17) is 16.7 Å². The van der Waals surface area contributed by atoms with Crippen LogP contribution in [0, 0.1) is 0 Å². The molecule has 2 N–H and O–H groups in total. The molecule has 1 amide bonds. The SMILES string of the molecule is O=C(O)c1cc(Br)cc(NC(=O)C(F)(F)F)c1Cl. The summed E-state index contributed by atoms with van der Waals surface area (Å²) in [5, 5.41) is 9.78. The van der Waals surface area contributed by atoms with Gasteiger partial charge in [0, 0.05) is 4.47 Å². The van der Waals surface area contributed by atoms with E-state index in [1.165, 1.54) is 5.32 Å². The number of benzene rings is 1. The Hall–Kier alpha value is -1.28. The van der Waals surface area contributed by atoms with Gasteiger partial charge in [0.25, 0.3) is 0 Å². The molecule has 18 heavy (non-hydrogen) atoms. The van der Waals surface area contributed by atoms with Crippen LogP contribution in [0.1, 0.15) is 10.4 Å². The third-order valence-electron chi connectivity index (χ3n) is 1.77. The van der Waals surface area contributed by atoms with Crippen molar-refractivity contribution in [1.82, 2.24) is 0 Å². The van der Waals surface area contributed by atoms with Crippen molar-refractivity contribution in [2.75, 3.05) is 5.32 Å². The summed E-state index contributed by atoms with van der Waals surface area (Å²) in [6.07, 6.45) is -5.09. The highest BCUT2D eigenvalue weighted by molar-refractivity contribution is 9.10. The van der Waals surface area contributed by atoms with E-state index >= 15 is 0 Å². The number of aromatic carboxylic acids is 1. The zero-order chi connectivity index (χ0) is 14.1. The number of halogens is 5. The van der Waals surface area contributed by atoms with Crippen molar-refractivity contribution in [3.05, 3.63) is 27.2 Å². The van der Waals surface area contributed by atoms with Gasteiger partial charge >= 0.3 is 18.1 Å². The van der Waals surface area contributed by atoms with Gasteiger partial charge in [-0.25, -0.2) is 4.79 Å². The van der Waals surface area contributed by atoms with E-state index in [1.807, 2.05) is 0 Å². The maximum atomic E-state index is 12.0. The lowest BCUT2D eigenvalue weighted by Crippen LogP contribution is -2.30. The molecule has 0 bridgehead atoms. The molecule has 4 nitrogen and oxygen atoms in total. The summed E-state index contributed by atoms with van der Waals surface area (Å²) >= 11 is 8.49. The second-order valence-corrected chi connectivity index (χ2v) is 4.37. The third kappa shape index (κ3) is 3.36. The van der Waals surface area contributed by atoms with Gasteiger partial charge in [-0.3, -0.25) is 4.79 Å². The first kappa shape index (κ1) is 14.8. The van der Waals surface area contributed by atoms with Gasteiger partial charge in [0.15, 0.2) is 0 Å². The molecular formula is C9H4BrClF3NO3. The van der Waals surface area contributed by atoms with Crippen molar-refractivity contribution in [2.24, 2.45) is 0 Å². The van der Waals surface area contributed by atoms with Crippen LogP contribution in [0.15, 0.2) is 16.6 Å². The predicted molar refractivity (Wildman–Crippen MR) is 60.8 cm³/mol. The van der Waals surface area contributed by atoms with Crippen LogP contribution in [-0.2, 0) is 4.79 Å². The van der Waals surface area contributed by atoms with Gasteiger partial charge < -0.3 is 10.4 Å². The van der Waals surface area contributed by atoms with Crippen LogP contribution in [0.4, 0.5) is 18.9 Å². The zero-order valence-corrected chi connectivity index (χ0v) is 10.7. The maximum Gasteiger partial charge on any atom is 0.471 e. The van der Waals surface area contributed by atoms with Crippen LogP contribution in [-0.4, -0.2) is 23.2 Å². The fourth-order valence-corrected chi connectivity index (χ4v) is 1.72. The van der Waals surface area contributed by atoms with Crippen molar-refractivity contribution in [2.45, 2.75) is 6.18 Å². The van der Waals surface area contributed by atoms with Crippen LogP contribution in [0.25, 0.3) is 0 Å². The summed E-state index contributed by atoms with van der Waals surface area (Å²) in [4.78, 5) is 21.5. The van der Waals surface area contributed by atoms with Gasteiger partial charge in [0.2, 0.25) is 0 Å². The molecule has 0 aliphatic carbocycles. The molecule has 0 aromatic heterocycles. The highest BCUT2D eigenvalue weighted by Gasteiger charge is 2.39. The van der Waals surface area contributed by atoms with E-state index in [9.17, 15) is 22.8 Å². The quantitative estimate of drug-likeness (QED) is 0.863. The molecule has 1 rings (SSSR count). The van der Waals surface area contributed by atoms with Gasteiger partial charge in [-0.1, -0.05) is 27.5 Å². The van der Waals surface area contributed by atoms with Gasteiger partial charge in [-0.05, 0) is 12.1 Å². The Morgan fingerprint density at radius 2 is 1.89 bits per heavy atom. The molecule has 0 aliphatic heterocycles. The van der Waals surface area contributed by atoms with Gasteiger partial charge in [-0.2, -0.15) is 13.2 Å². The molecule has 0 spiro atoms.